The minimum atomic E-state index is -0.578. The molecule has 0 saturated heterocycles. The van der Waals surface area contributed by atoms with Crippen molar-refractivity contribution < 1.29 is 37.7 Å². The number of hydrogen-bond donors (Lipinski definition) is 1. The van der Waals surface area contributed by atoms with Crippen LogP contribution in [-0.2, 0) is 27.7 Å². The summed E-state index contributed by atoms with van der Waals surface area (Å²) in [7, 11) is 0. The van der Waals surface area contributed by atoms with Gasteiger partial charge in [0, 0.05) is 39.8 Å². The number of aromatic hydroxyl groups is 1. The van der Waals surface area contributed by atoms with Crippen molar-refractivity contribution in [3.05, 3.63) is 33.3 Å². The number of nitro groups is 1. The predicted molar refractivity (Wildman–Crippen MR) is 39.8 cm³/mol. The van der Waals surface area contributed by atoms with Gasteiger partial charge in [-0.1, -0.05) is 11.6 Å². The summed E-state index contributed by atoms with van der Waals surface area (Å²) in [4.78, 5) is 9.55. The number of nitro benzene ring substituents is 1. The SMILES string of the molecule is O=[N+]([O-])c1ccc(O)c(Cl)c1.[Hg]. The van der Waals surface area contributed by atoms with Crippen LogP contribution in [0.25, 0.3) is 0 Å². The summed E-state index contributed by atoms with van der Waals surface area (Å²) in [6, 6.07) is 3.46. The number of hydrogen-bond acceptors (Lipinski definition) is 3. The molecular formula is C6H4ClHgNO3. The first kappa shape index (κ1) is 11.6. The van der Waals surface area contributed by atoms with Crippen molar-refractivity contribution in [3.63, 3.8) is 0 Å². The van der Waals surface area contributed by atoms with Crippen molar-refractivity contribution in [2.24, 2.45) is 0 Å². The third-order valence-electron chi connectivity index (χ3n) is 1.14. The minimum Gasteiger partial charge on any atom is -0.506 e. The molecule has 0 fully saturated rings. The third-order valence-corrected chi connectivity index (χ3v) is 1.44. The van der Waals surface area contributed by atoms with Crippen molar-refractivity contribution in [2.45, 2.75) is 0 Å². The van der Waals surface area contributed by atoms with E-state index in [1.807, 2.05) is 0 Å². The molecule has 0 heterocycles. The van der Waals surface area contributed by atoms with Crippen molar-refractivity contribution in [1.29, 1.82) is 0 Å². The van der Waals surface area contributed by atoms with Crippen molar-refractivity contribution in [2.75, 3.05) is 0 Å². The van der Waals surface area contributed by atoms with E-state index in [2.05, 4.69) is 0 Å². The first-order valence-electron chi connectivity index (χ1n) is 2.74. The summed E-state index contributed by atoms with van der Waals surface area (Å²) in [5.74, 6) is -0.155. The van der Waals surface area contributed by atoms with Gasteiger partial charge in [-0.25, -0.2) is 0 Å². The Morgan fingerprint density at radius 2 is 2.08 bits per heavy atom. The van der Waals surface area contributed by atoms with E-state index in [0.29, 0.717) is 0 Å². The Morgan fingerprint density at radius 1 is 1.50 bits per heavy atom. The Labute approximate surface area is 93.8 Å². The van der Waals surface area contributed by atoms with Gasteiger partial charge in [-0.05, 0) is 6.07 Å². The fourth-order valence-corrected chi connectivity index (χ4v) is 0.784. The molecule has 0 spiro atoms. The molecule has 1 aromatic rings. The summed E-state index contributed by atoms with van der Waals surface area (Å²) in [5.41, 5.74) is -0.132. The molecule has 0 aliphatic carbocycles. The van der Waals surface area contributed by atoms with Gasteiger partial charge in [0.05, 0.1) is 9.95 Å². The monoisotopic (exact) mass is 375 g/mol. The standard InChI is InChI=1S/C6H4ClNO3.Hg/c7-5-3-4(8(10)11)1-2-6(5)9;/h1-3,9H;. The van der Waals surface area contributed by atoms with E-state index in [4.69, 9.17) is 16.7 Å². The Bertz CT molecular complexity index is 305. The number of halogens is 1. The van der Waals surface area contributed by atoms with Crippen LogP contribution in [0.1, 0.15) is 0 Å². The number of non-ortho nitro benzene ring substituents is 1. The van der Waals surface area contributed by atoms with E-state index >= 15 is 0 Å². The van der Waals surface area contributed by atoms with Crippen LogP contribution in [0.4, 0.5) is 5.69 Å². The molecule has 0 aliphatic heterocycles. The van der Waals surface area contributed by atoms with E-state index in [-0.39, 0.29) is 44.1 Å². The van der Waals surface area contributed by atoms with Gasteiger partial charge >= 0.3 is 0 Å². The minimum absolute atomic E-state index is 0. The van der Waals surface area contributed by atoms with Crippen molar-refractivity contribution in [3.8, 4) is 5.75 Å². The molecule has 0 radical (unpaired) electrons. The molecule has 0 aliphatic rings. The maximum Gasteiger partial charge on any atom is 0.271 e. The largest absolute Gasteiger partial charge is 0.506 e. The van der Waals surface area contributed by atoms with Crippen LogP contribution in [0.15, 0.2) is 18.2 Å². The molecule has 0 unspecified atom stereocenters. The normalized spacial score (nSPS) is 8.75. The van der Waals surface area contributed by atoms with E-state index in [1.54, 1.807) is 0 Å². The average molecular weight is 374 g/mol. The molecule has 12 heavy (non-hydrogen) atoms. The fraction of sp³-hybridized carbons (Fsp3) is 0. The average Bonchev–Trinajstić information content (AvgIpc) is 1.94. The molecule has 0 amide bonds. The second kappa shape index (κ2) is 4.62. The Morgan fingerprint density at radius 3 is 2.50 bits per heavy atom. The first-order valence-corrected chi connectivity index (χ1v) is 3.12. The topological polar surface area (TPSA) is 63.4 Å². The van der Waals surface area contributed by atoms with Gasteiger partial charge in [0.25, 0.3) is 5.69 Å². The zero-order chi connectivity index (χ0) is 8.43. The Balaban J connectivity index is 0.00000121. The Hall–Kier alpha value is -0.355. The molecule has 6 heteroatoms. The number of nitrogens with zero attached hydrogens (tertiary/aromatic N) is 1. The summed E-state index contributed by atoms with van der Waals surface area (Å²) in [6.45, 7) is 0. The van der Waals surface area contributed by atoms with Gasteiger partial charge in [-0.2, -0.15) is 0 Å². The van der Waals surface area contributed by atoms with Crippen LogP contribution in [0.2, 0.25) is 5.02 Å². The summed E-state index contributed by atoms with van der Waals surface area (Å²) in [5, 5.41) is 19.0. The van der Waals surface area contributed by atoms with E-state index in [0.717, 1.165) is 6.07 Å². The maximum atomic E-state index is 10.1. The number of benzene rings is 1. The summed E-state index contributed by atoms with van der Waals surface area (Å²) >= 11 is 5.40. The predicted octanol–water partition coefficient (Wildman–Crippen LogP) is 1.95. The zero-order valence-corrected chi connectivity index (χ0v) is 12.3. The second-order valence-electron chi connectivity index (χ2n) is 1.89. The number of phenols is 1. The Kier molecular flexibility index (Phi) is 4.48. The molecule has 0 saturated carbocycles. The van der Waals surface area contributed by atoms with E-state index in [1.165, 1.54) is 12.1 Å². The van der Waals surface area contributed by atoms with Gasteiger partial charge < -0.3 is 5.11 Å². The van der Waals surface area contributed by atoms with Gasteiger partial charge in [-0.3, -0.25) is 10.1 Å². The van der Waals surface area contributed by atoms with Crippen LogP contribution in [0.3, 0.4) is 0 Å². The van der Waals surface area contributed by atoms with E-state index in [9.17, 15) is 10.1 Å². The molecule has 0 bridgehead atoms. The molecule has 1 N–H and O–H groups in total. The zero-order valence-electron chi connectivity index (χ0n) is 6.03. The molecule has 60 valence electrons. The van der Waals surface area contributed by atoms with Crippen LogP contribution in [-0.4, -0.2) is 10.0 Å². The molecule has 1 aromatic carbocycles. The fourth-order valence-electron chi connectivity index (χ4n) is 0.609. The van der Waals surface area contributed by atoms with Gasteiger partial charge in [-0.15, -0.1) is 0 Å². The number of rotatable bonds is 1. The summed E-state index contributed by atoms with van der Waals surface area (Å²) in [6.07, 6.45) is 0. The molecule has 4 nitrogen and oxygen atoms in total. The number of phenolic OH excluding ortho intramolecular Hbond substituents is 1. The van der Waals surface area contributed by atoms with Crippen LogP contribution < -0.4 is 0 Å². The van der Waals surface area contributed by atoms with Crippen LogP contribution in [0, 0.1) is 10.1 Å². The summed E-state index contributed by atoms with van der Waals surface area (Å²) < 4.78 is 0. The smallest absolute Gasteiger partial charge is 0.271 e. The van der Waals surface area contributed by atoms with Gasteiger partial charge in [0.15, 0.2) is 0 Å². The van der Waals surface area contributed by atoms with Crippen LogP contribution in [0.5, 0.6) is 5.75 Å². The molecule has 0 atom stereocenters. The van der Waals surface area contributed by atoms with Crippen molar-refractivity contribution in [1.82, 2.24) is 0 Å². The molecule has 0 aromatic heterocycles. The van der Waals surface area contributed by atoms with Crippen LogP contribution >= 0.6 is 11.6 Å². The second-order valence-corrected chi connectivity index (χ2v) is 2.30. The maximum absolute atomic E-state index is 10.1. The van der Waals surface area contributed by atoms with Gasteiger partial charge in [0.1, 0.15) is 5.75 Å². The first-order chi connectivity index (χ1) is 5.11. The molecule has 1 rings (SSSR count). The van der Waals surface area contributed by atoms with Crippen molar-refractivity contribution >= 4 is 17.3 Å². The third kappa shape index (κ3) is 2.60. The molecular weight excluding hydrogens is 370 g/mol. The van der Waals surface area contributed by atoms with E-state index < -0.39 is 4.92 Å². The van der Waals surface area contributed by atoms with Gasteiger partial charge in [0.2, 0.25) is 0 Å². The quantitative estimate of drug-likeness (QED) is 0.465.